The fraction of sp³-hybridized carbons (Fsp3) is 0.286. The Morgan fingerprint density at radius 2 is 1.96 bits per heavy atom. The van der Waals surface area contributed by atoms with Crippen molar-refractivity contribution in [3.05, 3.63) is 53.3 Å². The topological polar surface area (TPSA) is 60.4 Å². The van der Waals surface area contributed by atoms with E-state index >= 15 is 0 Å². The maximum Gasteiger partial charge on any atom is 0.249 e. The summed E-state index contributed by atoms with van der Waals surface area (Å²) in [5.74, 6) is 7.49. The molecular formula is C21H22N4O2. The molecule has 6 nitrogen and oxygen atoms in total. The lowest BCUT2D eigenvalue weighted by molar-refractivity contribution is 0.253. The number of methoxy groups -OCH3 is 1. The van der Waals surface area contributed by atoms with E-state index in [9.17, 15) is 0 Å². The number of aryl methyl sites for hydroxylation is 1. The predicted octanol–water partition coefficient (Wildman–Crippen LogP) is 2.68. The summed E-state index contributed by atoms with van der Waals surface area (Å²) >= 11 is 0. The van der Waals surface area contributed by atoms with Crippen LogP contribution in [-0.2, 0) is 0 Å². The minimum absolute atomic E-state index is 0.427. The van der Waals surface area contributed by atoms with E-state index in [0.717, 1.165) is 23.4 Å². The molecule has 0 fully saturated rings. The van der Waals surface area contributed by atoms with Crippen LogP contribution in [0.5, 0.6) is 11.6 Å². The summed E-state index contributed by atoms with van der Waals surface area (Å²) < 4.78 is 11.1. The Kier molecular flexibility index (Phi) is 5.84. The van der Waals surface area contributed by atoms with Gasteiger partial charge in [0.15, 0.2) is 11.3 Å². The molecule has 27 heavy (non-hydrogen) atoms. The van der Waals surface area contributed by atoms with Gasteiger partial charge in [-0.15, -0.1) is 0 Å². The molecule has 0 saturated carbocycles. The van der Waals surface area contributed by atoms with E-state index in [1.54, 1.807) is 13.3 Å². The molecule has 1 aromatic carbocycles. The van der Waals surface area contributed by atoms with Crippen LogP contribution in [0.25, 0.3) is 11.2 Å². The van der Waals surface area contributed by atoms with E-state index in [1.807, 2.05) is 56.3 Å². The number of aromatic nitrogens is 3. The second-order valence-electron chi connectivity index (χ2n) is 6.31. The summed E-state index contributed by atoms with van der Waals surface area (Å²) in [4.78, 5) is 15.4. The smallest absolute Gasteiger partial charge is 0.249 e. The Labute approximate surface area is 159 Å². The first-order valence-electron chi connectivity index (χ1n) is 8.64. The maximum atomic E-state index is 5.85. The molecular weight excluding hydrogens is 340 g/mol. The molecule has 0 aliphatic rings. The molecule has 0 N–H and O–H groups in total. The molecule has 0 unspecified atom stereocenters. The number of benzene rings is 1. The van der Waals surface area contributed by atoms with Gasteiger partial charge < -0.3 is 14.4 Å². The number of hydrogen-bond donors (Lipinski definition) is 0. The van der Waals surface area contributed by atoms with Crippen LogP contribution in [0.3, 0.4) is 0 Å². The van der Waals surface area contributed by atoms with Crippen LogP contribution < -0.4 is 9.47 Å². The highest BCUT2D eigenvalue weighted by atomic mass is 16.5. The zero-order chi connectivity index (χ0) is 19.2. The van der Waals surface area contributed by atoms with Crippen molar-refractivity contribution in [2.75, 3.05) is 34.4 Å². The van der Waals surface area contributed by atoms with Gasteiger partial charge in [0.25, 0.3) is 0 Å². The van der Waals surface area contributed by atoms with Crippen molar-refractivity contribution >= 4 is 11.2 Å². The second kappa shape index (κ2) is 8.47. The molecule has 0 bridgehead atoms. The summed E-state index contributed by atoms with van der Waals surface area (Å²) in [6.45, 7) is 3.27. The van der Waals surface area contributed by atoms with E-state index in [0.29, 0.717) is 29.3 Å². The Morgan fingerprint density at radius 1 is 1.11 bits per heavy atom. The third-order valence-electron chi connectivity index (χ3n) is 3.93. The van der Waals surface area contributed by atoms with E-state index in [1.165, 1.54) is 0 Å². The number of fused-ring (bicyclic) bond motifs is 1. The first kappa shape index (κ1) is 18.6. The lowest BCUT2D eigenvalue weighted by atomic mass is 10.1. The van der Waals surface area contributed by atoms with Crippen molar-refractivity contribution in [1.82, 2.24) is 19.9 Å². The first-order chi connectivity index (χ1) is 13.1. The lowest BCUT2D eigenvalue weighted by Crippen LogP contribution is -2.20. The molecule has 3 aromatic rings. The van der Waals surface area contributed by atoms with Crippen molar-refractivity contribution in [3.63, 3.8) is 0 Å². The number of rotatable bonds is 5. The summed E-state index contributed by atoms with van der Waals surface area (Å²) in [6, 6.07) is 9.46. The fourth-order valence-electron chi connectivity index (χ4n) is 2.41. The van der Waals surface area contributed by atoms with Crippen molar-refractivity contribution in [3.8, 4) is 23.5 Å². The monoisotopic (exact) mass is 362 g/mol. The van der Waals surface area contributed by atoms with Gasteiger partial charge in [0.1, 0.15) is 17.9 Å². The predicted molar refractivity (Wildman–Crippen MR) is 105 cm³/mol. The standard InChI is InChI=1S/C21H22N4O2/c1-15-14-17(26-4)9-7-16(15)8-10-19-21(27-13-12-25(2)3)24-18-6-5-11-22-20(18)23-19/h5-7,9,11,14H,12-13H2,1-4H3. The first-order valence-corrected chi connectivity index (χ1v) is 8.64. The largest absolute Gasteiger partial charge is 0.497 e. The van der Waals surface area contributed by atoms with Gasteiger partial charge in [-0.05, 0) is 62.8 Å². The van der Waals surface area contributed by atoms with Crippen molar-refractivity contribution in [1.29, 1.82) is 0 Å². The molecule has 0 aliphatic heterocycles. The van der Waals surface area contributed by atoms with Gasteiger partial charge in [0.05, 0.1) is 7.11 Å². The van der Waals surface area contributed by atoms with Gasteiger partial charge in [-0.2, -0.15) is 0 Å². The quantitative estimate of drug-likeness (QED) is 0.651. The molecule has 0 amide bonds. The molecule has 138 valence electrons. The summed E-state index contributed by atoms with van der Waals surface area (Å²) in [5, 5.41) is 0. The van der Waals surface area contributed by atoms with Crippen LogP contribution in [0.4, 0.5) is 0 Å². The number of nitrogens with zero attached hydrogens (tertiary/aromatic N) is 4. The molecule has 2 heterocycles. The normalized spacial score (nSPS) is 10.6. The van der Waals surface area contributed by atoms with E-state index < -0.39 is 0 Å². The van der Waals surface area contributed by atoms with Gasteiger partial charge in [-0.25, -0.2) is 15.0 Å². The van der Waals surface area contributed by atoms with E-state index in [-0.39, 0.29) is 0 Å². The zero-order valence-corrected chi connectivity index (χ0v) is 16.0. The Hall–Kier alpha value is -3.17. The number of ether oxygens (including phenoxy) is 2. The molecule has 0 atom stereocenters. The van der Waals surface area contributed by atoms with Gasteiger partial charge in [0.2, 0.25) is 5.88 Å². The molecule has 0 radical (unpaired) electrons. The van der Waals surface area contributed by atoms with Crippen molar-refractivity contribution in [2.24, 2.45) is 0 Å². The number of likely N-dealkylation sites (N-methyl/N-ethyl adjacent to an activating group) is 1. The molecule has 2 aromatic heterocycles. The van der Waals surface area contributed by atoms with Gasteiger partial charge in [-0.3, -0.25) is 0 Å². The SMILES string of the molecule is COc1ccc(C#Cc2nc3ncccc3nc2OCCN(C)C)c(C)c1. The summed E-state index contributed by atoms with van der Waals surface area (Å²) in [6.07, 6.45) is 1.69. The van der Waals surface area contributed by atoms with Crippen LogP contribution in [0, 0.1) is 18.8 Å². The van der Waals surface area contributed by atoms with Crippen LogP contribution in [0.15, 0.2) is 36.5 Å². The molecule has 6 heteroatoms. The minimum Gasteiger partial charge on any atom is -0.497 e. The Bertz CT molecular complexity index is 1010. The molecule has 0 aliphatic carbocycles. The average molecular weight is 362 g/mol. The highest BCUT2D eigenvalue weighted by molar-refractivity contribution is 5.71. The summed E-state index contributed by atoms with van der Waals surface area (Å²) in [7, 11) is 5.63. The van der Waals surface area contributed by atoms with E-state index in [2.05, 4.69) is 26.8 Å². The summed E-state index contributed by atoms with van der Waals surface area (Å²) in [5.41, 5.74) is 3.65. The van der Waals surface area contributed by atoms with Gasteiger partial charge in [-0.1, -0.05) is 5.92 Å². The number of hydrogen-bond acceptors (Lipinski definition) is 6. The average Bonchev–Trinajstić information content (AvgIpc) is 2.66. The van der Waals surface area contributed by atoms with Crippen molar-refractivity contribution < 1.29 is 9.47 Å². The third kappa shape index (κ3) is 4.72. The van der Waals surface area contributed by atoms with Gasteiger partial charge >= 0.3 is 0 Å². The zero-order valence-electron chi connectivity index (χ0n) is 16.0. The van der Waals surface area contributed by atoms with Crippen LogP contribution in [0.1, 0.15) is 16.8 Å². The van der Waals surface area contributed by atoms with Gasteiger partial charge in [0, 0.05) is 18.3 Å². The Morgan fingerprint density at radius 3 is 2.70 bits per heavy atom. The Balaban J connectivity index is 1.97. The third-order valence-corrected chi connectivity index (χ3v) is 3.93. The highest BCUT2D eigenvalue weighted by Gasteiger charge is 2.09. The fourth-order valence-corrected chi connectivity index (χ4v) is 2.41. The lowest BCUT2D eigenvalue weighted by Gasteiger charge is -2.11. The second-order valence-corrected chi connectivity index (χ2v) is 6.31. The van der Waals surface area contributed by atoms with E-state index in [4.69, 9.17) is 9.47 Å². The van der Waals surface area contributed by atoms with Crippen molar-refractivity contribution in [2.45, 2.75) is 6.92 Å². The molecule has 0 saturated heterocycles. The molecule has 3 rings (SSSR count). The maximum absolute atomic E-state index is 5.85. The highest BCUT2D eigenvalue weighted by Crippen LogP contribution is 2.19. The minimum atomic E-state index is 0.427. The number of pyridine rings is 1. The van der Waals surface area contributed by atoms with Crippen LogP contribution in [0.2, 0.25) is 0 Å². The van der Waals surface area contributed by atoms with Crippen LogP contribution in [-0.4, -0.2) is 54.2 Å². The van der Waals surface area contributed by atoms with Crippen LogP contribution >= 0.6 is 0 Å². The molecule has 0 spiro atoms.